The molecule has 0 aromatic carbocycles. The third kappa shape index (κ3) is 2.17. The Morgan fingerprint density at radius 2 is 2.25 bits per heavy atom. The number of alkyl halides is 1. The van der Waals surface area contributed by atoms with Gasteiger partial charge in [0.15, 0.2) is 0 Å². The molecule has 0 unspecified atom stereocenters. The summed E-state index contributed by atoms with van der Waals surface area (Å²) in [5, 5.41) is 0. The van der Waals surface area contributed by atoms with Gasteiger partial charge in [-0.2, -0.15) is 0 Å². The zero-order valence-corrected chi connectivity index (χ0v) is 6.13. The summed E-state index contributed by atoms with van der Waals surface area (Å²) in [6, 6.07) is 0. The monoisotopic (exact) mass is 130 g/mol. The van der Waals surface area contributed by atoms with Crippen LogP contribution in [0.1, 0.15) is 13.8 Å². The average molecular weight is 131 g/mol. The maximum Gasteiger partial charge on any atom is 0.0470 e. The van der Waals surface area contributed by atoms with Crippen LogP contribution in [0.15, 0.2) is 23.8 Å². The molecule has 0 atom stereocenters. The molecule has 0 aromatic rings. The van der Waals surface area contributed by atoms with Crippen molar-refractivity contribution in [3.63, 3.8) is 0 Å². The van der Waals surface area contributed by atoms with Crippen LogP contribution in [0.2, 0.25) is 0 Å². The van der Waals surface area contributed by atoms with E-state index in [0.717, 1.165) is 5.57 Å². The molecule has 46 valence electrons. The summed E-state index contributed by atoms with van der Waals surface area (Å²) in [6.07, 6.45) is 2.00. The van der Waals surface area contributed by atoms with Gasteiger partial charge in [0.2, 0.25) is 0 Å². The van der Waals surface area contributed by atoms with Crippen LogP contribution >= 0.6 is 11.6 Å². The van der Waals surface area contributed by atoms with Gasteiger partial charge in [0.1, 0.15) is 0 Å². The highest BCUT2D eigenvalue weighted by atomic mass is 35.5. The summed E-state index contributed by atoms with van der Waals surface area (Å²) in [4.78, 5) is 0. The van der Waals surface area contributed by atoms with Gasteiger partial charge >= 0.3 is 0 Å². The summed E-state index contributed by atoms with van der Waals surface area (Å²) in [7, 11) is 0. The quantitative estimate of drug-likeness (QED) is 0.398. The fourth-order valence-corrected chi connectivity index (χ4v) is 0.520. The van der Waals surface area contributed by atoms with E-state index < -0.39 is 0 Å². The van der Waals surface area contributed by atoms with Crippen LogP contribution in [0.25, 0.3) is 0 Å². The summed E-state index contributed by atoms with van der Waals surface area (Å²) < 4.78 is 0. The Labute approximate surface area is 55.9 Å². The molecule has 0 aliphatic rings. The third-order valence-electron chi connectivity index (χ3n) is 1.15. The molecule has 0 nitrogen and oxygen atoms in total. The second kappa shape index (κ2) is 3.73. The van der Waals surface area contributed by atoms with Gasteiger partial charge in [-0.3, -0.25) is 0 Å². The van der Waals surface area contributed by atoms with Crippen LogP contribution in [0.5, 0.6) is 0 Å². The van der Waals surface area contributed by atoms with E-state index in [1.54, 1.807) is 0 Å². The number of halogens is 1. The van der Waals surface area contributed by atoms with Gasteiger partial charge in [0.05, 0.1) is 0 Å². The predicted molar refractivity (Wildman–Crippen MR) is 39.3 cm³/mol. The summed E-state index contributed by atoms with van der Waals surface area (Å²) >= 11 is 5.49. The molecule has 0 rings (SSSR count). The maximum atomic E-state index is 5.49. The van der Waals surface area contributed by atoms with Crippen molar-refractivity contribution in [2.75, 3.05) is 5.88 Å². The molecule has 8 heavy (non-hydrogen) atoms. The van der Waals surface area contributed by atoms with Crippen molar-refractivity contribution in [3.05, 3.63) is 23.8 Å². The van der Waals surface area contributed by atoms with E-state index in [4.69, 9.17) is 11.6 Å². The average Bonchev–Trinajstić information content (AvgIpc) is 1.84. The highest BCUT2D eigenvalue weighted by molar-refractivity contribution is 6.19. The number of hydrogen-bond donors (Lipinski definition) is 0. The Balaban J connectivity index is 3.83. The molecule has 0 radical (unpaired) electrons. The smallest absolute Gasteiger partial charge is 0.0470 e. The summed E-state index contributed by atoms with van der Waals surface area (Å²) in [5.74, 6) is 0.538. The molecular formula is C7H11Cl. The zero-order valence-electron chi connectivity index (χ0n) is 5.37. The van der Waals surface area contributed by atoms with Gasteiger partial charge in [-0.1, -0.05) is 18.2 Å². The molecule has 0 N–H and O–H groups in total. The van der Waals surface area contributed by atoms with Crippen molar-refractivity contribution in [1.29, 1.82) is 0 Å². The van der Waals surface area contributed by atoms with Gasteiger partial charge in [0.25, 0.3) is 0 Å². The molecule has 0 aromatic heterocycles. The number of rotatable bonds is 2. The maximum absolute atomic E-state index is 5.49. The Hall–Kier alpha value is -0.230. The lowest BCUT2D eigenvalue weighted by atomic mass is 10.1. The first-order valence-corrected chi connectivity index (χ1v) is 3.12. The molecule has 0 fully saturated rings. The molecule has 0 bridgehead atoms. The lowest BCUT2D eigenvalue weighted by Crippen LogP contribution is -1.82. The standard InChI is InChI=1S/C7H11Cl/c1-4-6(2)7(3)5-8/h4H,3,5H2,1-2H3. The van der Waals surface area contributed by atoms with E-state index in [1.807, 2.05) is 19.9 Å². The van der Waals surface area contributed by atoms with E-state index in [-0.39, 0.29) is 0 Å². The molecule has 0 aliphatic carbocycles. The topological polar surface area (TPSA) is 0 Å². The lowest BCUT2D eigenvalue weighted by Gasteiger charge is -1.96. The fraction of sp³-hybridized carbons (Fsp3) is 0.429. The van der Waals surface area contributed by atoms with Gasteiger partial charge in [0, 0.05) is 5.88 Å². The Kier molecular flexibility index (Phi) is 3.63. The van der Waals surface area contributed by atoms with E-state index in [9.17, 15) is 0 Å². The Bertz CT molecular complexity index is 112. The van der Waals surface area contributed by atoms with Gasteiger partial charge in [-0.05, 0) is 19.4 Å². The Morgan fingerprint density at radius 3 is 2.38 bits per heavy atom. The van der Waals surface area contributed by atoms with Crippen LogP contribution in [-0.2, 0) is 0 Å². The number of allylic oxidation sites excluding steroid dienone is 3. The van der Waals surface area contributed by atoms with Gasteiger partial charge in [-0.25, -0.2) is 0 Å². The first-order chi connectivity index (χ1) is 3.72. The van der Waals surface area contributed by atoms with Crippen molar-refractivity contribution < 1.29 is 0 Å². The van der Waals surface area contributed by atoms with Gasteiger partial charge < -0.3 is 0 Å². The normalized spacial score (nSPS) is 11.6. The van der Waals surface area contributed by atoms with E-state index >= 15 is 0 Å². The minimum absolute atomic E-state index is 0.538. The van der Waals surface area contributed by atoms with Crippen LogP contribution in [-0.4, -0.2) is 5.88 Å². The zero-order chi connectivity index (χ0) is 6.57. The number of hydrogen-bond acceptors (Lipinski definition) is 0. The highest BCUT2D eigenvalue weighted by Gasteiger charge is 1.89. The minimum Gasteiger partial charge on any atom is -0.122 e. The SMILES string of the molecule is C=C(CCl)C(C)=CC. The van der Waals surface area contributed by atoms with Crippen LogP contribution in [0, 0.1) is 0 Å². The molecule has 0 heterocycles. The summed E-state index contributed by atoms with van der Waals surface area (Å²) in [6.45, 7) is 7.73. The molecule has 0 spiro atoms. The Morgan fingerprint density at radius 1 is 1.75 bits per heavy atom. The van der Waals surface area contributed by atoms with E-state index in [1.165, 1.54) is 5.57 Å². The molecule has 0 amide bonds. The molecular weight excluding hydrogens is 120 g/mol. The largest absolute Gasteiger partial charge is 0.122 e. The third-order valence-corrected chi connectivity index (χ3v) is 1.47. The lowest BCUT2D eigenvalue weighted by molar-refractivity contribution is 1.35. The summed E-state index contributed by atoms with van der Waals surface area (Å²) in [5.41, 5.74) is 2.19. The first-order valence-electron chi connectivity index (χ1n) is 2.59. The van der Waals surface area contributed by atoms with Crippen molar-refractivity contribution >= 4 is 11.6 Å². The van der Waals surface area contributed by atoms with Crippen molar-refractivity contribution in [3.8, 4) is 0 Å². The fourth-order valence-electron chi connectivity index (χ4n) is 0.310. The predicted octanol–water partition coefficient (Wildman–Crippen LogP) is 2.75. The first kappa shape index (κ1) is 7.77. The second-order valence-electron chi connectivity index (χ2n) is 1.71. The highest BCUT2D eigenvalue weighted by Crippen LogP contribution is 2.06. The molecule has 0 saturated carbocycles. The van der Waals surface area contributed by atoms with Crippen LogP contribution < -0.4 is 0 Å². The molecule has 0 saturated heterocycles. The molecule has 0 aliphatic heterocycles. The van der Waals surface area contributed by atoms with Crippen molar-refractivity contribution in [1.82, 2.24) is 0 Å². The minimum atomic E-state index is 0.538. The van der Waals surface area contributed by atoms with Gasteiger partial charge in [-0.15, -0.1) is 11.6 Å². The van der Waals surface area contributed by atoms with Crippen LogP contribution in [0.3, 0.4) is 0 Å². The molecule has 1 heteroatoms. The van der Waals surface area contributed by atoms with Crippen molar-refractivity contribution in [2.24, 2.45) is 0 Å². The van der Waals surface area contributed by atoms with E-state index in [2.05, 4.69) is 6.58 Å². The van der Waals surface area contributed by atoms with E-state index in [0.29, 0.717) is 5.88 Å². The van der Waals surface area contributed by atoms with Crippen molar-refractivity contribution in [2.45, 2.75) is 13.8 Å². The second-order valence-corrected chi connectivity index (χ2v) is 1.98. The van der Waals surface area contributed by atoms with Crippen LogP contribution in [0.4, 0.5) is 0 Å².